The van der Waals surface area contributed by atoms with Gasteiger partial charge in [0.05, 0.1) is 0 Å². The first-order valence-corrected chi connectivity index (χ1v) is 3.15. The van der Waals surface area contributed by atoms with Crippen LogP contribution in [0.5, 0.6) is 0 Å². The molecule has 9 heavy (non-hydrogen) atoms. The normalized spacial score (nSPS) is 12.4. The summed E-state index contributed by atoms with van der Waals surface area (Å²) in [5.74, 6) is 0.185. The van der Waals surface area contributed by atoms with Gasteiger partial charge in [-0.25, -0.2) is 0 Å². The smallest absolute Gasteiger partial charge is 0.160 e. The summed E-state index contributed by atoms with van der Waals surface area (Å²) < 4.78 is 0. The van der Waals surface area contributed by atoms with E-state index in [1.54, 1.807) is 12.2 Å². The fraction of sp³-hybridized carbons (Fsp3) is 0.625. The van der Waals surface area contributed by atoms with Crippen LogP contribution >= 0.6 is 0 Å². The minimum Gasteiger partial charge on any atom is -0.294 e. The van der Waals surface area contributed by atoms with Gasteiger partial charge in [-0.15, -0.1) is 0 Å². The molecule has 0 N–H and O–H groups in total. The van der Waals surface area contributed by atoms with Gasteiger partial charge in [0.1, 0.15) is 0 Å². The van der Waals surface area contributed by atoms with Gasteiger partial charge in [0, 0.05) is 5.41 Å². The molecule has 1 heteroatoms. The summed E-state index contributed by atoms with van der Waals surface area (Å²) in [6.45, 7) is 7.59. The summed E-state index contributed by atoms with van der Waals surface area (Å²) in [6.07, 6.45) is 3.38. The van der Waals surface area contributed by atoms with E-state index in [0.717, 1.165) is 0 Å². The molecule has 0 aliphatic heterocycles. The SMILES string of the molecule is CC=CC(=O)C(C)(C)C. The zero-order chi connectivity index (χ0) is 7.49. The molecule has 0 fully saturated rings. The molecule has 0 rings (SSSR count). The molecule has 0 bridgehead atoms. The minimum absolute atomic E-state index is 0.185. The van der Waals surface area contributed by atoms with Crippen LogP contribution in [0.2, 0.25) is 0 Å². The van der Waals surface area contributed by atoms with E-state index in [2.05, 4.69) is 0 Å². The molecule has 0 aliphatic rings. The molecule has 0 saturated heterocycles. The quantitative estimate of drug-likeness (QED) is 0.492. The Morgan fingerprint density at radius 3 is 1.89 bits per heavy atom. The van der Waals surface area contributed by atoms with Crippen LogP contribution in [0.3, 0.4) is 0 Å². The fourth-order valence-corrected chi connectivity index (χ4v) is 0.401. The first kappa shape index (κ1) is 8.41. The number of hydrogen-bond donors (Lipinski definition) is 0. The Balaban J connectivity index is 4.06. The van der Waals surface area contributed by atoms with Gasteiger partial charge in [0.15, 0.2) is 5.78 Å². The molecule has 1 nitrogen and oxygen atoms in total. The molecule has 0 atom stereocenters. The minimum atomic E-state index is -0.216. The Morgan fingerprint density at radius 1 is 1.33 bits per heavy atom. The molecule has 0 aromatic heterocycles. The van der Waals surface area contributed by atoms with Crippen LogP contribution in [0.1, 0.15) is 27.7 Å². The van der Waals surface area contributed by atoms with Crippen molar-refractivity contribution in [3.63, 3.8) is 0 Å². The summed E-state index contributed by atoms with van der Waals surface area (Å²) >= 11 is 0. The lowest BCUT2D eigenvalue weighted by Crippen LogP contribution is -2.16. The van der Waals surface area contributed by atoms with Crippen LogP contribution < -0.4 is 0 Å². The largest absolute Gasteiger partial charge is 0.294 e. The molecule has 0 heterocycles. The predicted molar refractivity (Wildman–Crippen MR) is 39.3 cm³/mol. The highest BCUT2D eigenvalue weighted by Crippen LogP contribution is 2.14. The third kappa shape index (κ3) is 3.07. The molecule has 0 spiro atoms. The molecule has 0 unspecified atom stereocenters. The van der Waals surface area contributed by atoms with Gasteiger partial charge < -0.3 is 0 Å². The number of hydrogen-bond acceptors (Lipinski definition) is 1. The maximum atomic E-state index is 11.0. The predicted octanol–water partition coefficient (Wildman–Crippen LogP) is 2.18. The van der Waals surface area contributed by atoms with Crippen molar-refractivity contribution in [3.05, 3.63) is 12.2 Å². The van der Waals surface area contributed by atoms with Crippen molar-refractivity contribution in [1.82, 2.24) is 0 Å². The van der Waals surface area contributed by atoms with Gasteiger partial charge in [0.2, 0.25) is 0 Å². The van der Waals surface area contributed by atoms with Gasteiger partial charge >= 0.3 is 0 Å². The fourth-order valence-electron chi connectivity index (χ4n) is 0.401. The highest BCUT2D eigenvalue weighted by molar-refractivity contribution is 5.93. The molecule has 0 aromatic carbocycles. The van der Waals surface area contributed by atoms with Crippen LogP contribution in [-0.2, 0) is 4.79 Å². The molecule has 0 saturated carbocycles. The maximum absolute atomic E-state index is 11.0. The van der Waals surface area contributed by atoms with Crippen LogP contribution in [0.4, 0.5) is 0 Å². The van der Waals surface area contributed by atoms with Crippen molar-refractivity contribution in [2.75, 3.05) is 0 Å². The van der Waals surface area contributed by atoms with Crippen LogP contribution in [0.25, 0.3) is 0 Å². The monoisotopic (exact) mass is 126 g/mol. The van der Waals surface area contributed by atoms with Gasteiger partial charge in [-0.3, -0.25) is 4.79 Å². The van der Waals surface area contributed by atoms with Crippen molar-refractivity contribution in [1.29, 1.82) is 0 Å². The van der Waals surface area contributed by atoms with E-state index in [1.807, 2.05) is 27.7 Å². The molecule has 52 valence electrons. The van der Waals surface area contributed by atoms with Crippen LogP contribution in [0.15, 0.2) is 12.2 Å². The Hall–Kier alpha value is -0.590. The average molecular weight is 126 g/mol. The second-order valence-electron chi connectivity index (χ2n) is 3.11. The van der Waals surface area contributed by atoms with Gasteiger partial charge in [-0.2, -0.15) is 0 Å². The van der Waals surface area contributed by atoms with Crippen molar-refractivity contribution in [3.8, 4) is 0 Å². The van der Waals surface area contributed by atoms with E-state index < -0.39 is 0 Å². The van der Waals surface area contributed by atoms with Crippen LogP contribution in [-0.4, -0.2) is 5.78 Å². The zero-order valence-corrected chi connectivity index (χ0v) is 6.56. The Bertz CT molecular complexity index is 126. The van der Waals surface area contributed by atoms with E-state index >= 15 is 0 Å². The molecule has 0 radical (unpaired) electrons. The second-order valence-corrected chi connectivity index (χ2v) is 3.11. The third-order valence-corrected chi connectivity index (χ3v) is 1.06. The van der Waals surface area contributed by atoms with Crippen molar-refractivity contribution in [2.24, 2.45) is 5.41 Å². The highest BCUT2D eigenvalue weighted by Gasteiger charge is 2.17. The van der Waals surface area contributed by atoms with Gasteiger partial charge in [-0.05, 0) is 13.0 Å². The van der Waals surface area contributed by atoms with Gasteiger partial charge in [0.25, 0.3) is 0 Å². The van der Waals surface area contributed by atoms with E-state index in [9.17, 15) is 4.79 Å². The summed E-state index contributed by atoms with van der Waals surface area (Å²) in [6, 6.07) is 0. The van der Waals surface area contributed by atoms with E-state index in [4.69, 9.17) is 0 Å². The van der Waals surface area contributed by atoms with Crippen molar-refractivity contribution < 1.29 is 4.79 Å². The Morgan fingerprint density at radius 2 is 1.78 bits per heavy atom. The lowest BCUT2D eigenvalue weighted by molar-refractivity contribution is -0.121. The Kier molecular flexibility index (Phi) is 2.63. The topological polar surface area (TPSA) is 17.1 Å². The number of carbonyl (C=O) groups excluding carboxylic acids is 1. The van der Waals surface area contributed by atoms with Crippen molar-refractivity contribution in [2.45, 2.75) is 27.7 Å². The lowest BCUT2D eigenvalue weighted by atomic mass is 9.91. The van der Waals surface area contributed by atoms with Gasteiger partial charge in [-0.1, -0.05) is 26.8 Å². The third-order valence-electron chi connectivity index (χ3n) is 1.06. The summed E-state index contributed by atoms with van der Waals surface area (Å²) in [5, 5.41) is 0. The van der Waals surface area contributed by atoms with E-state index in [-0.39, 0.29) is 11.2 Å². The summed E-state index contributed by atoms with van der Waals surface area (Å²) in [5.41, 5.74) is -0.216. The van der Waals surface area contributed by atoms with E-state index in [0.29, 0.717) is 0 Å². The molecule has 0 amide bonds. The summed E-state index contributed by atoms with van der Waals surface area (Å²) in [7, 11) is 0. The molecule has 0 aliphatic carbocycles. The summed E-state index contributed by atoms with van der Waals surface area (Å²) in [4.78, 5) is 11.0. The second kappa shape index (κ2) is 2.81. The number of rotatable bonds is 1. The average Bonchev–Trinajstić information content (AvgIpc) is 1.64. The lowest BCUT2D eigenvalue weighted by Gasteiger charge is -2.12. The Labute approximate surface area is 56.8 Å². The van der Waals surface area contributed by atoms with E-state index in [1.165, 1.54) is 0 Å². The van der Waals surface area contributed by atoms with Crippen molar-refractivity contribution >= 4 is 5.78 Å². The molecular weight excluding hydrogens is 112 g/mol. The number of carbonyl (C=O) groups is 1. The molecule has 0 aromatic rings. The standard InChI is InChI=1S/C8H14O/c1-5-6-7(9)8(2,3)4/h5-6H,1-4H3. The van der Waals surface area contributed by atoms with Crippen LogP contribution in [0, 0.1) is 5.41 Å². The first-order chi connectivity index (χ1) is 3.98. The zero-order valence-electron chi connectivity index (χ0n) is 6.56. The number of ketones is 1. The maximum Gasteiger partial charge on any atom is 0.160 e. The number of allylic oxidation sites excluding steroid dienone is 2. The highest BCUT2D eigenvalue weighted by atomic mass is 16.1. The first-order valence-electron chi connectivity index (χ1n) is 3.15. The molecular formula is C8H14O.